The molecule has 4 amide bonds. The van der Waals surface area contributed by atoms with Gasteiger partial charge in [0.15, 0.2) is 0 Å². The van der Waals surface area contributed by atoms with Crippen molar-refractivity contribution in [2.45, 2.75) is 43.8 Å². The van der Waals surface area contributed by atoms with Crippen molar-refractivity contribution in [2.24, 2.45) is 11.5 Å². The van der Waals surface area contributed by atoms with Gasteiger partial charge in [-0.2, -0.15) is 0 Å². The largest absolute Gasteiger partial charge is 0.480 e. The predicted octanol–water partition coefficient (Wildman–Crippen LogP) is -2.04. The zero-order valence-corrected chi connectivity index (χ0v) is 18.9. The Kier molecular flexibility index (Phi) is 10.4. The Morgan fingerprint density at radius 3 is 2.31 bits per heavy atom. The Morgan fingerprint density at radius 1 is 1.00 bits per heavy atom. The molecule has 1 aromatic carbocycles. The number of carbonyl (C=O) groups is 5. The Labute approximate surface area is 201 Å². The van der Waals surface area contributed by atoms with E-state index < -0.39 is 54.3 Å². The molecule has 3 unspecified atom stereocenters. The minimum absolute atomic E-state index is 0.0569. The highest BCUT2D eigenvalue weighted by Crippen LogP contribution is 2.04. The molecule has 0 saturated heterocycles. The van der Waals surface area contributed by atoms with Crippen LogP contribution in [0.25, 0.3) is 0 Å². The number of aromatic nitrogens is 2. The number of carboxylic acid groups (broad SMARTS) is 1. The molecule has 13 nitrogen and oxygen atoms in total. The van der Waals surface area contributed by atoms with Gasteiger partial charge >= 0.3 is 5.97 Å². The molecule has 188 valence electrons. The smallest absolute Gasteiger partial charge is 0.326 e. The van der Waals surface area contributed by atoms with Crippen molar-refractivity contribution in [1.29, 1.82) is 0 Å². The first-order valence-corrected chi connectivity index (χ1v) is 10.8. The molecule has 0 spiro atoms. The van der Waals surface area contributed by atoms with Crippen molar-refractivity contribution >= 4 is 29.6 Å². The number of aliphatic carboxylic acids is 1. The van der Waals surface area contributed by atoms with Gasteiger partial charge in [0.2, 0.25) is 23.6 Å². The van der Waals surface area contributed by atoms with Crippen LogP contribution >= 0.6 is 0 Å². The lowest BCUT2D eigenvalue weighted by atomic mass is 10.1. The Balaban J connectivity index is 1.92. The van der Waals surface area contributed by atoms with Crippen LogP contribution in [0, 0.1) is 0 Å². The van der Waals surface area contributed by atoms with Crippen molar-refractivity contribution in [3.05, 3.63) is 54.1 Å². The van der Waals surface area contributed by atoms with Crippen LogP contribution in [0.2, 0.25) is 0 Å². The van der Waals surface area contributed by atoms with Crippen LogP contribution in [-0.2, 0) is 36.8 Å². The van der Waals surface area contributed by atoms with E-state index in [4.69, 9.17) is 11.5 Å². The molecule has 0 saturated carbocycles. The van der Waals surface area contributed by atoms with Crippen LogP contribution in [0.1, 0.15) is 24.1 Å². The molecule has 0 aliphatic heterocycles. The number of primary amides is 1. The van der Waals surface area contributed by atoms with E-state index >= 15 is 0 Å². The maximum atomic E-state index is 12.6. The highest BCUT2D eigenvalue weighted by Gasteiger charge is 2.26. The van der Waals surface area contributed by atoms with Gasteiger partial charge in [-0.3, -0.25) is 19.2 Å². The van der Waals surface area contributed by atoms with Crippen LogP contribution in [0.4, 0.5) is 0 Å². The van der Waals surface area contributed by atoms with Crippen molar-refractivity contribution in [3.63, 3.8) is 0 Å². The fourth-order valence-electron chi connectivity index (χ4n) is 3.15. The van der Waals surface area contributed by atoms with Crippen molar-refractivity contribution in [1.82, 2.24) is 25.9 Å². The molecule has 3 atom stereocenters. The molecule has 2 rings (SSSR count). The summed E-state index contributed by atoms with van der Waals surface area (Å²) >= 11 is 0. The number of carboxylic acids is 1. The molecule has 0 aliphatic rings. The van der Waals surface area contributed by atoms with E-state index in [1.165, 1.54) is 12.5 Å². The SMILES string of the molecule is NC(=O)CCC(NC(=O)C(N)Cc1cnc[nH]1)C(=O)NCC(=O)NC(Cc1ccccc1)C(=O)O. The van der Waals surface area contributed by atoms with E-state index in [9.17, 15) is 29.1 Å². The molecule has 35 heavy (non-hydrogen) atoms. The molecule has 0 bridgehead atoms. The Morgan fingerprint density at radius 2 is 1.71 bits per heavy atom. The third kappa shape index (κ3) is 9.63. The van der Waals surface area contributed by atoms with Gasteiger partial charge in [0.1, 0.15) is 12.1 Å². The number of hydrogen-bond acceptors (Lipinski definition) is 7. The average molecular weight is 488 g/mol. The number of nitrogens with two attached hydrogens (primary N) is 2. The number of benzene rings is 1. The zero-order chi connectivity index (χ0) is 25.8. The van der Waals surface area contributed by atoms with Gasteiger partial charge in [0.05, 0.1) is 18.9 Å². The maximum absolute atomic E-state index is 12.6. The Bertz CT molecular complexity index is 1010. The number of carbonyl (C=O) groups excluding carboxylic acids is 4. The molecule has 1 heterocycles. The van der Waals surface area contributed by atoms with Gasteiger partial charge in [-0.15, -0.1) is 0 Å². The fourth-order valence-corrected chi connectivity index (χ4v) is 3.15. The third-order valence-electron chi connectivity index (χ3n) is 4.98. The van der Waals surface area contributed by atoms with E-state index in [0.29, 0.717) is 11.3 Å². The summed E-state index contributed by atoms with van der Waals surface area (Å²) in [4.78, 5) is 66.7. The van der Waals surface area contributed by atoms with Gasteiger partial charge in [-0.1, -0.05) is 30.3 Å². The van der Waals surface area contributed by atoms with Gasteiger partial charge < -0.3 is 37.5 Å². The van der Waals surface area contributed by atoms with E-state index in [1.54, 1.807) is 30.3 Å². The summed E-state index contributed by atoms with van der Waals surface area (Å²) in [5, 5.41) is 16.5. The predicted molar refractivity (Wildman–Crippen MR) is 123 cm³/mol. The van der Waals surface area contributed by atoms with Crippen LogP contribution < -0.4 is 27.4 Å². The molecule has 2 aromatic rings. The third-order valence-corrected chi connectivity index (χ3v) is 4.98. The van der Waals surface area contributed by atoms with Crippen molar-refractivity contribution < 1.29 is 29.1 Å². The second-order valence-electron chi connectivity index (χ2n) is 7.82. The summed E-state index contributed by atoms with van der Waals surface area (Å²) in [6.45, 7) is -0.541. The van der Waals surface area contributed by atoms with Crippen molar-refractivity contribution in [3.8, 4) is 0 Å². The number of amides is 4. The zero-order valence-electron chi connectivity index (χ0n) is 18.9. The summed E-state index contributed by atoms with van der Waals surface area (Å²) in [7, 11) is 0. The van der Waals surface area contributed by atoms with E-state index in [-0.39, 0.29) is 25.7 Å². The highest BCUT2D eigenvalue weighted by molar-refractivity contribution is 5.93. The molecule has 0 fully saturated rings. The van der Waals surface area contributed by atoms with Crippen LogP contribution in [0.15, 0.2) is 42.9 Å². The number of nitrogens with one attached hydrogen (secondary N) is 4. The first-order valence-electron chi connectivity index (χ1n) is 10.8. The number of hydrogen-bond donors (Lipinski definition) is 7. The Hall–Kier alpha value is -4.26. The minimum Gasteiger partial charge on any atom is -0.480 e. The van der Waals surface area contributed by atoms with Gasteiger partial charge in [0.25, 0.3) is 0 Å². The summed E-state index contributed by atoms with van der Waals surface area (Å²) < 4.78 is 0. The maximum Gasteiger partial charge on any atom is 0.326 e. The number of H-pyrrole nitrogens is 1. The van der Waals surface area contributed by atoms with Crippen LogP contribution in [0.3, 0.4) is 0 Å². The van der Waals surface area contributed by atoms with Crippen LogP contribution in [-0.4, -0.2) is 69.3 Å². The first-order chi connectivity index (χ1) is 16.7. The van der Waals surface area contributed by atoms with E-state index in [2.05, 4.69) is 25.9 Å². The number of aromatic amines is 1. The second kappa shape index (κ2) is 13.4. The monoisotopic (exact) mass is 487 g/mol. The molecule has 0 radical (unpaired) electrons. The van der Waals surface area contributed by atoms with Crippen LogP contribution in [0.5, 0.6) is 0 Å². The standard InChI is InChI=1S/C22H29N7O6/c23-15(9-14-10-25-12-27-14)20(32)29-16(6-7-18(24)30)21(33)26-11-19(31)28-17(22(34)35)8-13-4-2-1-3-5-13/h1-5,10,12,15-17H,6-9,11,23H2,(H2,24,30)(H,25,27)(H,26,33)(H,28,31)(H,29,32)(H,34,35). The number of imidazole rings is 1. The lowest BCUT2D eigenvalue weighted by molar-refractivity contribution is -0.141. The molecular weight excluding hydrogens is 458 g/mol. The summed E-state index contributed by atoms with van der Waals surface area (Å²) in [5.41, 5.74) is 12.4. The normalized spacial score (nSPS) is 13.2. The second-order valence-corrected chi connectivity index (χ2v) is 7.82. The van der Waals surface area contributed by atoms with E-state index in [0.717, 1.165) is 0 Å². The molecule has 13 heteroatoms. The lowest BCUT2D eigenvalue weighted by Gasteiger charge is -2.20. The number of nitrogens with zero attached hydrogens (tertiary/aromatic N) is 1. The molecular formula is C22H29N7O6. The molecule has 9 N–H and O–H groups in total. The highest BCUT2D eigenvalue weighted by atomic mass is 16.4. The van der Waals surface area contributed by atoms with Crippen molar-refractivity contribution in [2.75, 3.05) is 6.54 Å². The lowest BCUT2D eigenvalue weighted by Crippen LogP contribution is -2.54. The summed E-state index contributed by atoms with van der Waals surface area (Å²) in [6.07, 6.45) is 2.82. The van der Waals surface area contributed by atoms with Gasteiger partial charge in [0, 0.05) is 31.2 Å². The first kappa shape index (κ1) is 27.0. The quantitative estimate of drug-likeness (QED) is 0.157. The molecule has 1 aromatic heterocycles. The summed E-state index contributed by atoms with van der Waals surface area (Å²) in [6, 6.07) is 5.35. The summed E-state index contributed by atoms with van der Waals surface area (Å²) in [5.74, 6) is -4.05. The van der Waals surface area contributed by atoms with Gasteiger partial charge in [-0.25, -0.2) is 9.78 Å². The molecule has 0 aliphatic carbocycles. The number of rotatable bonds is 14. The average Bonchev–Trinajstić information content (AvgIpc) is 3.33. The van der Waals surface area contributed by atoms with E-state index in [1.807, 2.05) is 0 Å². The topological polar surface area (TPSA) is 222 Å². The van der Waals surface area contributed by atoms with Gasteiger partial charge in [-0.05, 0) is 12.0 Å². The minimum atomic E-state index is -1.23. The fraction of sp³-hybridized carbons (Fsp3) is 0.364.